The first-order valence-corrected chi connectivity index (χ1v) is 7.96. The number of benzene rings is 2. The number of methoxy groups -OCH3 is 1. The molecule has 0 unspecified atom stereocenters. The molecule has 25 heavy (non-hydrogen) atoms. The first-order chi connectivity index (χ1) is 12.0. The summed E-state index contributed by atoms with van der Waals surface area (Å²) < 4.78 is 10.8. The number of para-hydroxylation sites is 1. The van der Waals surface area contributed by atoms with Gasteiger partial charge in [0.05, 0.1) is 7.11 Å². The Kier molecular flexibility index (Phi) is 6.17. The Hall–Kier alpha value is -2.82. The molecule has 2 aromatic rings. The Morgan fingerprint density at radius 1 is 1.00 bits per heavy atom. The molecule has 2 rings (SSSR count). The molecule has 0 saturated heterocycles. The zero-order chi connectivity index (χ0) is 18.4. The number of hydrogen-bond donors (Lipinski definition) is 0. The summed E-state index contributed by atoms with van der Waals surface area (Å²) in [7, 11) is 2.71. The summed E-state index contributed by atoms with van der Waals surface area (Å²) in [4.78, 5) is 16.9. The molecule has 5 heteroatoms. The van der Waals surface area contributed by atoms with Crippen molar-refractivity contribution < 1.29 is 19.1 Å². The summed E-state index contributed by atoms with van der Waals surface area (Å²) in [6, 6.07) is 11.7. The largest absolute Gasteiger partial charge is 0.489 e. The van der Waals surface area contributed by atoms with Crippen LogP contribution in [0.4, 0.5) is 0 Å². The van der Waals surface area contributed by atoms with Crippen molar-refractivity contribution in [2.45, 2.75) is 27.4 Å². The van der Waals surface area contributed by atoms with Crippen molar-refractivity contribution in [1.82, 2.24) is 0 Å². The standard InChI is InChI=1S/C20H23NO4/c1-13-8-6-7-9-18(13)25-12-16-10-14(2)15(3)11-17(16)19(21-24-5)20(22)23-4/h6-11H,12H2,1-5H3. The van der Waals surface area contributed by atoms with Crippen molar-refractivity contribution in [3.8, 4) is 5.75 Å². The van der Waals surface area contributed by atoms with Crippen LogP contribution < -0.4 is 4.74 Å². The maximum absolute atomic E-state index is 12.1. The van der Waals surface area contributed by atoms with Gasteiger partial charge in [-0.1, -0.05) is 29.4 Å². The van der Waals surface area contributed by atoms with Crippen LogP contribution in [0.15, 0.2) is 41.6 Å². The number of aryl methyl sites for hydroxylation is 3. The molecule has 0 aliphatic carbocycles. The van der Waals surface area contributed by atoms with Crippen molar-refractivity contribution in [2.75, 3.05) is 14.2 Å². The van der Waals surface area contributed by atoms with Gasteiger partial charge in [0.1, 0.15) is 19.5 Å². The average Bonchev–Trinajstić information content (AvgIpc) is 2.61. The highest BCUT2D eigenvalue weighted by Crippen LogP contribution is 2.22. The number of hydrogen-bond acceptors (Lipinski definition) is 5. The molecule has 0 N–H and O–H groups in total. The first kappa shape index (κ1) is 18.5. The molecule has 0 saturated carbocycles. The van der Waals surface area contributed by atoms with Crippen LogP contribution in [0.3, 0.4) is 0 Å². The van der Waals surface area contributed by atoms with Gasteiger partial charge in [-0.2, -0.15) is 0 Å². The van der Waals surface area contributed by atoms with E-state index in [9.17, 15) is 4.79 Å². The van der Waals surface area contributed by atoms with E-state index in [4.69, 9.17) is 14.3 Å². The molecule has 0 fully saturated rings. The van der Waals surface area contributed by atoms with Gasteiger partial charge in [0.2, 0.25) is 0 Å². The molecule has 132 valence electrons. The van der Waals surface area contributed by atoms with E-state index in [2.05, 4.69) is 5.16 Å². The minimum Gasteiger partial charge on any atom is -0.489 e. The molecule has 0 aromatic heterocycles. The van der Waals surface area contributed by atoms with Crippen LogP contribution in [0.2, 0.25) is 0 Å². The molecule has 0 aliphatic rings. The Morgan fingerprint density at radius 2 is 1.68 bits per heavy atom. The van der Waals surface area contributed by atoms with Crippen LogP contribution in [0.5, 0.6) is 5.75 Å². The van der Waals surface area contributed by atoms with E-state index in [1.54, 1.807) is 0 Å². The summed E-state index contributed by atoms with van der Waals surface area (Å²) >= 11 is 0. The zero-order valence-corrected chi connectivity index (χ0v) is 15.3. The smallest absolute Gasteiger partial charge is 0.360 e. The number of carbonyl (C=O) groups excluding carboxylic acids is 1. The maximum atomic E-state index is 12.1. The normalized spacial score (nSPS) is 11.2. The van der Waals surface area contributed by atoms with E-state index in [1.807, 2.05) is 57.2 Å². The summed E-state index contributed by atoms with van der Waals surface area (Å²) in [5.41, 5.74) is 4.80. The van der Waals surface area contributed by atoms with Gasteiger partial charge in [-0.25, -0.2) is 4.79 Å². The monoisotopic (exact) mass is 341 g/mol. The first-order valence-electron chi connectivity index (χ1n) is 7.96. The Labute approximate surface area is 148 Å². The lowest BCUT2D eigenvalue weighted by atomic mass is 9.97. The van der Waals surface area contributed by atoms with Crippen LogP contribution >= 0.6 is 0 Å². The third kappa shape index (κ3) is 4.38. The number of rotatable bonds is 6. The second kappa shape index (κ2) is 8.33. The fraction of sp³-hybridized carbons (Fsp3) is 0.300. The predicted octanol–water partition coefficient (Wildman–Crippen LogP) is 3.71. The highest BCUT2D eigenvalue weighted by Gasteiger charge is 2.20. The summed E-state index contributed by atoms with van der Waals surface area (Å²) in [5, 5.41) is 3.86. The molecule has 0 spiro atoms. The van der Waals surface area contributed by atoms with E-state index in [1.165, 1.54) is 14.2 Å². The predicted molar refractivity (Wildman–Crippen MR) is 97.0 cm³/mol. The SMILES string of the molecule is CON=C(C(=O)OC)c1cc(C)c(C)cc1COc1ccccc1C. The van der Waals surface area contributed by atoms with Crippen molar-refractivity contribution >= 4 is 11.7 Å². The number of nitrogens with zero attached hydrogens (tertiary/aromatic N) is 1. The zero-order valence-electron chi connectivity index (χ0n) is 15.3. The molecule has 0 bridgehead atoms. The number of esters is 1. The molecule has 0 atom stereocenters. The van der Waals surface area contributed by atoms with Gasteiger partial charge in [-0.15, -0.1) is 0 Å². The van der Waals surface area contributed by atoms with Crippen molar-refractivity contribution in [3.63, 3.8) is 0 Å². The van der Waals surface area contributed by atoms with Crippen molar-refractivity contribution in [2.24, 2.45) is 5.16 Å². The lowest BCUT2D eigenvalue weighted by molar-refractivity contribution is -0.132. The van der Waals surface area contributed by atoms with Gasteiger partial charge in [0, 0.05) is 5.56 Å². The Balaban J connectivity index is 2.43. The van der Waals surface area contributed by atoms with E-state index >= 15 is 0 Å². The van der Waals surface area contributed by atoms with Crippen molar-refractivity contribution in [3.05, 3.63) is 64.2 Å². The van der Waals surface area contributed by atoms with Crippen LogP contribution in [-0.2, 0) is 21.0 Å². The van der Waals surface area contributed by atoms with Crippen molar-refractivity contribution in [1.29, 1.82) is 0 Å². The van der Waals surface area contributed by atoms with Crippen LogP contribution in [0, 0.1) is 20.8 Å². The lowest BCUT2D eigenvalue weighted by Crippen LogP contribution is -2.20. The molecule has 0 heterocycles. The van der Waals surface area contributed by atoms with E-state index in [-0.39, 0.29) is 5.71 Å². The van der Waals surface area contributed by atoms with Crippen LogP contribution in [0.25, 0.3) is 0 Å². The highest BCUT2D eigenvalue weighted by atomic mass is 16.6. The number of carbonyl (C=O) groups is 1. The topological polar surface area (TPSA) is 57.1 Å². The van der Waals surface area contributed by atoms with Gasteiger partial charge in [-0.05, 0) is 55.2 Å². The van der Waals surface area contributed by atoms with Crippen LogP contribution in [-0.4, -0.2) is 25.9 Å². The van der Waals surface area contributed by atoms with E-state index in [0.29, 0.717) is 12.2 Å². The third-order valence-corrected chi connectivity index (χ3v) is 4.01. The Morgan fingerprint density at radius 3 is 2.32 bits per heavy atom. The minimum atomic E-state index is -0.553. The fourth-order valence-electron chi connectivity index (χ4n) is 2.47. The van der Waals surface area contributed by atoms with Gasteiger partial charge in [-0.3, -0.25) is 0 Å². The van der Waals surface area contributed by atoms with Crippen LogP contribution in [0.1, 0.15) is 27.8 Å². The molecule has 0 amide bonds. The lowest BCUT2D eigenvalue weighted by Gasteiger charge is -2.15. The van der Waals surface area contributed by atoms with Gasteiger partial charge < -0.3 is 14.3 Å². The van der Waals surface area contributed by atoms with Gasteiger partial charge >= 0.3 is 5.97 Å². The van der Waals surface area contributed by atoms with E-state index < -0.39 is 5.97 Å². The van der Waals surface area contributed by atoms with E-state index in [0.717, 1.165) is 28.0 Å². The third-order valence-electron chi connectivity index (χ3n) is 4.01. The molecule has 5 nitrogen and oxygen atoms in total. The second-order valence-electron chi connectivity index (χ2n) is 5.76. The molecule has 0 radical (unpaired) electrons. The molecular formula is C20H23NO4. The highest BCUT2D eigenvalue weighted by molar-refractivity contribution is 6.43. The molecular weight excluding hydrogens is 318 g/mol. The minimum absolute atomic E-state index is 0.122. The summed E-state index contributed by atoms with van der Waals surface area (Å²) in [6.07, 6.45) is 0. The van der Waals surface area contributed by atoms with Gasteiger partial charge in [0.15, 0.2) is 5.71 Å². The van der Waals surface area contributed by atoms with Gasteiger partial charge in [0.25, 0.3) is 0 Å². The second-order valence-corrected chi connectivity index (χ2v) is 5.76. The molecule has 2 aromatic carbocycles. The number of ether oxygens (including phenoxy) is 2. The summed E-state index contributed by atoms with van der Waals surface area (Å²) in [6.45, 7) is 6.29. The molecule has 0 aliphatic heterocycles. The maximum Gasteiger partial charge on any atom is 0.360 e. The Bertz CT molecular complexity index is 796. The average molecular weight is 341 g/mol. The summed E-state index contributed by atoms with van der Waals surface area (Å²) in [5.74, 6) is 0.247. The quantitative estimate of drug-likeness (QED) is 0.456. The fourth-order valence-corrected chi connectivity index (χ4v) is 2.47. The number of oxime groups is 1.